The summed E-state index contributed by atoms with van der Waals surface area (Å²) in [5, 5.41) is 0. The fourth-order valence-corrected chi connectivity index (χ4v) is 9.35. The second-order valence-electron chi connectivity index (χ2n) is 22.4. The van der Waals surface area contributed by atoms with Gasteiger partial charge in [-0.1, -0.05) is 298 Å². The van der Waals surface area contributed by atoms with Crippen molar-refractivity contribution < 1.29 is 28.6 Å². The molecule has 0 fully saturated rings. The van der Waals surface area contributed by atoms with Crippen molar-refractivity contribution in [3.8, 4) is 0 Å². The molecule has 0 aromatic rings. The number of unbranched alkanes of at least 4 members (excludes halogenated alkanes) is 37. The molecule has 0 bridgehead atoms. The van der Waals surface area contributed by atoms with E-state index in [0.717, 1.165) is 75.5 Å². The summed E-state index contributed by atoms with van der Waals surface area (Å²) in [7, 11) is 0. The standard InChI is InChI=1S/C61H118O6/c1-55(2)47-41-35-29-25-21-17-13-9-7-8-10-16-20-24-28-32-40-46-52-61(64)67-58(54-66-60(63)51-45-39-34-33-37-43-49-57(5)6)53-65-59(62)50-44-38-31-27-23-19-15-12-11-14-18-22-26-30-36-42-48-56(3)4/h55-58H,7-54H2,1-6H3/t58-/m0/s1. The number of hydrogen-bond acceptors (Lipinski definition) is 6. The molecule has 1 atom stereocenters. The van der Waals surface area contributed by atoms with E-state index in [0.29, 0.717) is 19.3 Å². The topological polar surface area (TPSA) is 78.9 Å². The summed E-state index contributed by atoms with van der Waals surface area (Å²) in [6, 6.07) is 0. The third-order valence-corrected chi connectivity index (χ3v) is 13.9. The van der Waals surface area contributed by atoms with Gasteiger partial charge in [-0.15, -0.1) is 0 Å². The summed E-state index contributed by atoms with van der Waals surface area (Å²) in [6.45, 7) is 13.7. The Labute approximate surface area is 418 Å². The molecule has 0 amide bonds. The normalized spacial score (nSPS) is 12.1. The van der Waals surface area contributed by atoms with Crippen LogP contribution in [0.3, 0.4) is 0 Å². The van der Waals surface area contributed by atoms with Crippen LogP contribution < -0.4 is 0 Å². The number of carbonyl (C=O) groups excluding carboxylic acids is 3. The number of ether oxygens (including phenoxy) is 3. The molecule has 0 N–H and O–H groups in total. The molecule has 0 aromatic carbocycles. The molecule has 0 aliphatic carbocycles. The minimum Gasteiger partial charge on any atom is -0.462 e. The molecule has 0 heterocycles. The Balaban J connectivity index is 4.18. The highest BCUT2D eigenvalue weighted by Crippen LogP contribution is 2.19. The van der Waals surface area contributed by atoms with Crippen LogP contribution in [0.5, 0.6) is 0 Å². The third-order valence-electron chi connectivity index (χ3n) is 13.9. The van der Waals surface area contributed by atoms with E-state index >= 15 is 0 Å². The molecule has 0 aliphatic rings. The zero-order valence-electron chi connectivity index (χ0n) is 46.2. The predicted molar refractivity (Wildman–Crippen MR) is 289 cm³/mol. The lowest BCUT2D eigenvalue weighted by Crippen LogP contribution is -2.30. The minimum absolute atomic E-state index is 0.0640. The first-order chi connectivity index (χ1) is 32.6. The largest absolute Gasteiger partial charge is 0.462 e. The molecule has 0 aromatic heterocycles. The van der Waals surface area contributed by atoms with Crippen molar-refractivity contribution in [2.45, 2.75) is 343 Å². The minimum atomic E-state index is -0.764. The first-order valence-electron chi connectivity index (χ1n) is 30.1. The predicted octanol–water partition coefficient (Wildman–Crippen LogP) is 19.9. The average Bonchev–Trinajstić information content (AvgIpc) is 3.29. The quantitative estimate of drug-likeness (QED) is 0.0343. The van der Waals surface area contributed by atoms with Gasteiger partial charge in [0.1, 0.15) is 13.2 Å². The van der Waals surface area contributed by atoms with Gasteiger partial charge in [0.15, 0.2) is 6.10 Å². The second kappa shape index (κ2) is 52.2. The molecule has 0 saturated carbocycles. The van der Waals surface area contributed by atoms with Gasteiger partial charge < -0.3 is 14.2 Å². The maximum absolute atomic E-state index is 12.9. The van der Waals surface area contributed by atoms with Gasteiger partial charge in [-0.3, -0.25) is 14.4 Å². The average molecular weight is 948 g/mol. The zero-order chi connectivity index (χ0) is 49.1. The molecule has 67 heavy (non-hydrogen) atoms. The number of esters is 3. The van der Waals surface area contributed by atoms with E-state index < -0.39 is 6.10 Å². The number of carbonyl (C=O) groups is 3. The van der Waals surface area contributed by atoms with Gasteiger partial charge in [-0.2, -0.15) is 0 Å². The molecule has 398 valence electrons. The van der Waals surface area contributed by atoms with Crippen molar-refractivity contribution in [3.05, 3.63) is 0 Å². The Morgan fingerprint density at radius 2 is 0.433 bits per heavy atom. The van der Waals surface area contributed by atoms with Crippen LogP contribution in [-0.4, -0.2) is 37.2 Å². The fraction of sp³-hybridized carbons (Fsp3) is 0.951. The van der Waals surface area contributed by atoms with E-state index in [-0.39, 0.29) is 31.1 Å². The summed E-state index contributed by atoms with van der Waals surface area (Å²) >= 11 is 0. The maximum atomic E-state index is 12.9. The van der Waals surface area contributed by atoms with Crippen LogP contribution in [0.15, 0.2) is 0 Å². The van der Waals surface area contributed by atoms with Crippen molar-refractivity contribution in [1.29, 1.82) is 0 Å². The lowest BCUT2D eigenvalue weighted by molar-refractivity contribution is -0.167. The lowest BCUT2D eigenvalue weighted by atomic mass is 10.0. The van der Waals surface area contributed by atoms with E-state index in [2.05, 4.69) is 41.5 Å². The first-order valence-corrected chi connectivity index (χ1v) is 30.1. The Morgan fingerprint density at radius 1 is 0.254 bits per heavy atom. The van der Waals surface area contributed by atoms with Crippen LogP contribution in [0, 0.1) is 17.8 Å². The molecule has 6 nitrogen and oxygen atoms in total. The van der Waals surface area contributed by atoms with E-state index in [4.69, 9.17) is 14.2 Å². The summed E-state index contributed by atoms with van der Waals surface area (Å²) in [5.41, 5.74) is 0. The number of hydrogen-bond donors (Lipinski definition) is 0. The van der Waals surface area contributed by atoms with Crippen LogP contribution in [0.4, 0.5) is 0 Å². The smallest absolute Gasteiger partial charge is 0.306 e. The summed E-state index contributed by atoms with van der Waals surface area (Å²) in [6.07, 6.45) is 55.5. The monoisotopic (exact) mass is 947 g/mol. The highest BCUT2D eigenvalue weighted by molar-refractivity contribution is 5.71. The lowest BCUT2D eigenvalue weighted by Gasteiger charge is -2.18. The fourth-order valence-electron chi connectivity index (χ4n) is 9.35. The van der Waals surface area contributed by atoms with Gasteiger partial charge in [0.25, 0.3) is 0 Å². The third kappa shape index (κ3) is 55.2. The molecule has 0 rings (SSSR count). The molecule has 0 spiro atoms. The van der Waals surface area contributed by atoms with Gasteiger partial charge in [-0.25, -0.2) is 0 Å². The Morgan fingerprint density at radius 3 is 0.642 bits per heavy atom. The molecular formula is C61H118O6. The maximum Gasteiger partial charge on any atom is 0.306 e. The van der Waals surface area contributed by atoms with E-state index in [1.54, 1.807) is 0 Å². The van der Waals surface area contributed by atoms with Crippen LogP contribution in [0.25, 0.3) is 0 Å². The van der Waals surface area contributed by atoms with Gasteiger partial charge in [-0.05, 0) is 37.0 Å². The Bertz CT molecular complexity index is 1040. The van der Waals surface area contributed by atoms with Crippen molar-refractivity contribution in [3.63, 3.8) is 0 Å². The molecule has 0 radical (unpaired) electrons. The molecule has 6 heteroatoms. The highest BCUT2D eigenvalue weighted by Gasteiger charge is 2.19. The van der Waals surface area contributed by atoms with Crippen LogP contribution in [0.2, 0.25) is 0 Å². The van der Waals surface area contributed by atoms with Gasteiger partial charge in [0, 0.05) is 19.3 Å². The van der Waals surface area contributed by atoms with Crippen molar-refractivity contribution in [1.82, 2.24) is 0 Å². The summed E-state index contributed by atoms with van der Waals surface area (Å²) in [5.74, 6) is 1.63. The van der Waals surface area contributed by atoms with Crippen LogP contribution >= 0.6 is 0 Å². The van der Waals surface area contributed by atoms with Crippen molar-refractivity contribution >= 4 is 17.9 Å². The molecule has 0 aliphatic heterocycles. The van der Waals surface area contributed by atoms with Crippen LogP contribution in [0.1, 0.15) is 337 Å². The van der Waals surface area contributed by atoms with E-state index in [9.17, 15) is 14.4 Å². The first kappa shape index (κ1) is 65.4. The molecule has 0 unspecified atom stereocenters. The van der Waals surface area contributed by atoms with Gasteiger partial charge in [0.2, 0.25) is 0 Å². The van der Waals surface area contributed by atoms with Crippen molar-refractivity contribution in [2.75, 3.05) is 13.2 Å². The summed E-state index contributed by atoms with van der Waals surface area (Å²) < 4.78 is 16.9. The van der Waals surface area contributed by atoms with E-state index in [1.807, 2.05) is 0 Å². The van der Waals surface area contributed by atoms with E-state index in [1.165, 1.54) is 218 Å². The van der Waals surface area contributed by atoms with Crippen LogP contribution in [-0.2, 0) is 28.6 Å². The molecule has 0 saturated heterocycles. The highest BCUT2D eigenvalue weighted by atomic mass is 16.6. The Kier molecular flexibility index (Phi) is 51.0. The van der Waals surface area contributed by atoms with Crippen molar-refractivity contribution in [2.24, 2.45) is 17.8 Å². The van der Waals surface area contributed by atoms with Gasteiger partial charge >= 0.3 is 17.9 Å². The zero-order valence-corrected chi connectivity index (χ0v) is 46.2. The van der Waals surface area contributed by atoms with Gasteiger partial charge in [0.05, 0.1) is 0 Å². The molecular weight excluding hydrogens is 829 g/mol. The number of rotatable bonds is 54. The second-order valence-corrected chi connectivity index (χ2v) is 22.4. The Hall–Kier alpha value is -1.59. The summed E-state index contributed by atoms with van der Waals surface area (Å²) in [4.78, 5) is 38.1. The SMILES string of the molecule is CC(C)CCCCCCCCCCCCCCCCCCCCC(=O)O[C@@H](COC(=O)CCCCCCCCCCCCCCCCCCC(C)C)COC(=O)CCCCCCCCC(C)C.